The van der Waals surface area contributed by atoms with Crippen LogP contribution in [0.1, 0.15) is 20.3 Å². The molecule has 3 nitrogen and oxygen atoms in total. The normalized spacial score (nSPS) is 12.3. The number of halogens is 2. The highest BCUT2D eigenvalue weighted by atomic mass is 79.9. The van der Waals surface area contributed by atoms with E-state index in [1.54, 1.807) is 0 Å². The van der Waals surface area contributed by atoms with Gasteiger partial charge in [-0.1, -0.05) is 22.0 Å². The topological polar surface area (TPSA) is 37.4 Å². The van der Waals surface area contributed by atoms with Gasteiger partial charge in [0.05, 0.1) is 4.90 Å². The van der Waals surface area contributed by atoms with Gasteiger partial charge in [0.25, 0.3) is 0 Å². The molecule has 102 valence electrons. The van der Waals surface area contributed by atoms with Gasteiger partial charge in [0.1, 0.15) is 5.82 Å². The molecule has 0 atom stereocenters. The zero-order valence-electron chi connectivity index (χ0n) is 10.4. The summed E-state index contributed by atoms with van der Waals surface area (Å²) in [6, 6.07) is 4.96. The Labute approximate surface area is 116 Å². The van der Waals surface area contributed by atoms with Crippen LogP contribution in [0.2, 0.25) is 0 Å². The summed E-state index contributed by atoms with van der Waals surface area (Å²) in [5.41, 5.74) is 0. The predicted molar refractivity (Wildman–Crippen MR) is 73.8 cm³/mol. The molecule has 1 aromatic rings. The molecule has 1 rings (SSSR count). The average Bonchev–Trinajstić information content (AvgIpc) is 2.28. The summed E-state index contributed by atoms with van der Waals surface area (Å²) >= 11 is 3.28. The summed E-state index contributed by atoms with van der Waals surface area (Å²) in [6.45, 7) is 4.04. The van der Waals surface area contributed by atoms with Crippen molar-refractivity contribution in [1.29, 1.82) is 0 Å². The largest absolute Gasteiger partial charge is 0.243 e. The number of nitrogens with zero attached hydrogens (tertiary/aromatic N) is 1. The maximum absolute atomic E-state index is 13.1. The van der Waals surface area contributed by atoms with E-state index in [0.29, 0.717) is 13.0 Å². The summed E-state index contributed by atoms with van der Waals surface area (Å²) in [5.74, 6) is -0.541. The average molecular weight is 338 g/mol. The van der Waals surface area contributed by atoms with Gasteiger partial charge in [-0.15, -0.1) is 0 Å². The monoisotopic (exact) mass is 337 g/mol. The standard InChI is InChI=1S/C12H17BrFNO2S/c1-10(2)15(8-4-7-13)18(16,17)12-6-3-5-11(14)9-12/h3,5-6,9-10H,4,7-8H2,1-2H3. The summed E-state index contributed by atoms with van der Waals surface area (Å²) in [6.07, 6.45) is 0.715. The number of sulfonamides is 1. The van der Waals surface area contributed by atoms with Crippen LogP contribution in [0.25, 0.3) is 0 Å². The maximum atomic E-state index is 13.1. The Hall–Kier alpha value is -0.460. The van der Waals surface area contributed by atoms with Crippen LogP contribution >= 0.6 is 15.9 Å². The molecule has 0 amide bonds. The van der Waals surface area contributed by atoms with Crippen molar-refractivity contribution in [1.82, 2.24) is 4.31 Å². The second-order valence-electron chi connectivity index (χ2n) is 4.21. The summed E-state index contributed by atoms with van der Waals surface area (Å²) in [4.78, 5) is 0.00534. The number of hydrogen-bond donors (Lipinski definition) is 0. The molecule has 0 heterocycles. The summed E-state index contributed by atoms with van der Waals surface area (Å²) in [7, 11) is -3.62. The molecule has 0 aliphatic rings. The Morgan fingerprint density at radius 1 is 1.39 bits per heavy atom. The van der Waals surface area contributed by atoms with E-state index in [-0.39, 0.29) is 10.9 Å². The van der Waals surface area contributed by atoms with Crippen LogP contribution in [-0.2, 0) is 10.0 Å². The third-order valence-corrected chi connectivity index (χ3v) is 5.12. The number of benzene rings is 1. The third kappa shape index (κ3) is 3.76. The van der Waals surface area contributed by atoms with Gasteiger partial charge in [-0.2, -0.15) is 4.31 Å². The molecule has 0 bridgehead atoms. The van der Waals surface area contributed by atoms with E-state index in [1.165, 1.54) is 22.5 Å². The molecule has 6 heteroatoms. The highest BCUT2D eigenvalue weighted by Crippen LogP contribution is 2.19. The minimum atomic E-state index is -3.62. The fourth-order valence-corrected chi connectivity index (χ4v) is 3.59. The molecule has 0 spiro atoms. The van der Waals surface area contributed by atoms with E-state index < -0.39 is 15.8 Å². The van der Waals surface area contributed by atoms with Gasteiger partial charge < -0.3 is 0 Å². The van der Waals surface area contributed by atoms with Crippen molar-refractivity contribution >= 4 is 26.0 Å². The van der Waals surface area contributed by atoms with Gasteiger partial charge in [0, 0.05) is 17.9 Å². The number of rotatable bonds is 6. The van der Waals surface area contributed by atoms with Crippen molar-refractivity contribution in [2.75, 3.05) is 11.9 Å². The van der Waals surface area contributed by atoms with Gasteiger partial charge in [-0.25, -0.2) is 12.8 Å². The van der Waals surface area contributed by atoms with Crippen molar-refractivity contribution in [2.24, 2.45) is 0 Å². The second-order valence-corrected chi connectivity index (χ2v) is 6.89. The van der Waals surface area contributed by atoms with Gasteiger partial charge >= 0.3 is 0 Å². The molecule has 18 heavy (non-hydrogen) atoms. The van der Waals surface area contributed by atoms with Crippen LogP contribution in [0, 0.1) is 5.82 Å². The molecule has 0 radical (unpaired) electrons. The molecule has 0 aromatic heterocycles. The van der Waals surface area contributed by atoms with E-state index in [0.717, 1.165) is 11.4 Å². The molecule has 0 saturated heterocycles. The van der Waals surface area contributed by atoms with Crippen LogP contribution in [0.5, 0.6) is 0 Å². The van der Waals surface area contributed by atoms with Crippen molar-refractivity contribution < 1.29 is 12.8 Å². The van der Waals surface area contributed by atoms with Crippen molar-refractivity contribution in [3.05, 3.63) is 30.1 Å². The van der Waals surface area contributed by atoms with Gasteiger partial charge in [-0.05, 0) is 38.5 Å². The minimum absolute atomic E-state index is 0.00534. The number of alkyl halides is 1. The zero-order valence-corrected chi connectivity index (χ0v) is 12.8. The lowest BCUT2D eigenvalue weighted by Gasteiger charge is -2.25. The molecule has 0 unspecified atom stereocenters. The predicted octanol–water partition coefficient (Wildman–Crippen LogP) is 3.01. The first-order valence-electron chi connectivity index (χ1n) is 5.73. The lowest BCUT2D eigenvalue weighted by atomic mass is 10.3. The van der Waals surface area contributed by atoms with E-state index in [2.05, 4.69) is 15.9 Å². The van der Waals surface area contributed by atoms with Gasteiger partial charge in [0.2, 0.25) is 10.0 Å². The lowest BCUT2D eigenvalue weighted by molar-refractivity contribution is 0.355. The molecule has 0 saturated carbocycles. The van der Waals surface area contributed by atoms with Crippen molar-refractivity contribution in [3.63, 3.8) is 0 Å². The van der Waals surface area contributed by atoms with Gasteiger partial charge in [-0.3, -0.25) is 0 Å². The fourth-order valence-electron chi connectivity index (χ4n) is 1.63. The highest BCUT2D eigenvalue weighted by Gasteiger charge is 2.26. The molecular weight excluding hydrogens is 321 g/mol. The number of hydrogen-bond acceptors (Lipinski definition) is 2. The Bertz CT molecular complexity index is 491. The first-order chi connectivity index (χ1) is 8.39. The van der Waals surface area contributed by atoms with E-state index in [4.69, 9.17) is 0 Å². The Morgan fingerprint density at radius 3 is 2.56 bits per heavy atom. The van der Waals surface area contributed by atoms with E-state index >= 15 is 0 Å². The van der Waals surface area contributed by atoms with Crippen LogP contribution < -0.4 is 0 Å². The van der Waals surface area contributed by atoms with Gasteiger partial charge in [0.15, 0.2) is 0 Å². The quantitative estimate of drug-likeness (QED) is 0.748. The SMILES string of the molecule is CC(C)N(CCCBr)S(=O)(=O)c1cccc(F)c1. The van der Waals surface area contributed by atoms with Crippen LogP contribution in [0.15, 0.2) is 29.2 Å². The van der Waals surface area contributed by atoms with Crippen molar-refractivity contribution in [2.45, 2.75) is 31.2 Å². The van der Waals surface area contributed by atoms with E-state index in [1.807, 2.05) is 13.8 Å². The van der Waals surface area contributed by atoms with Crippen LogP contribution in [0.4, 0.5) is 4.39 Å². The van der Waals surface area contributed by atoms with Crippen LogP contribution in [0.3, 0.4) is 0 Å². The molecular formula is C12H17BrFNO2S. The fraction of sp³-hybridized carbons (Fsp3) is 0.500. The molecule has 1 aromatic carbocycles. The Kier molecular flexibility index (Phi) is 5.75. The maximum Gasteiger partial charge on any atom is 0.243 e. The Morgan fingerprint density at radius 2 is 2.06 bits per heavy atom. The molecule has 0 aliphatic heterocycles. The second kappa shape index (κ2) is 6.63. The third-order valence-electron chi connectivity index (χ3n) is 2.49. The smallest absolute Gasteiger partial charge is 0.207 e. The highest BCUT2D eigenvalue weighted by molar-refractivity contribution is 9.09. The van der Waals surface area contributed by atoms with Crippen molar-refractivity contribution in [3.8, 4) is 0 Å². The lowest BCUT2D eigenvalue weighted by Crippen LogP contribution is -2.37. The first-order valence-corrected chi connectivity index (χ1v) is 8.29. The van der Waals surface area contributed by atoms with Crippen LogP contribution in [-0.4, -0.2) is 30.6 Å². The van der Waals surface area contributed by atoms with E-state index in [9.17, 15) is 12.8 Å². The first kappa shape index (κ1) is 15.6. The Balaban J connectivity index is 3.09. The molecule has 0 aliphatic carbocycles. The molecule has 0 fully saturated rings. The zero-order chi connectivity index (χ0) is 13.8. The summed E-state index contributed by atoms with van der Waals surface area (Å²) < 4.78 is 39.3. The molecule has 0 N–H and O–H groups in total. The summed E-state index contributed by atoms with van der Waals surface area (Å²) in [5, 5.41) is 0.731. The minimum Gasteiger partial charge on any atom is -0.207 e.